The van der Waals surface area contributed by atoms with Gasteiger partial charge < -0.3 is 15.7 Å². The first-order valence-corrected chi connectivity index (χ1v) is 5.86. The summed E-state index contributed by atoms with van der Waals surface area (Å²) >= 11 is 0. The van der Waals surface area contributed by atoms with Crippen molar-refractivity contribution >= 4 is 11.6 Å². The molecular formula is C13H20N2O2. The van der Waals surface area contributed by atoms with Crippen LogP contribution in [0.5, 0.6) is 0 Å². The van der Waals surface area contributed by atoms with Gasteiger partial charge in [0.2, 0.25) is 5.91 Å². The molecule has 3 N–H and O–H groups in total. The molecule has 0 aliphatic heterocycles. The van der Waals surface area contributed by atoms with E-state index in [1.807, 2.05) is 38.1 Å². The summed E-state index contributed by atoms with van der Waals surface area (Å²) in [5.41, 5.74) is 1.95. The van der Waals surface area contributed by atoms with E-state index < -0.39 is 0 Å². The molecule has 0 saturated carbocycles. The van der Waals surface area contributed by atoms with Crippen LogP contribution in [0.4, 0.5) is 5.69 Å². The number of benzene rings is 1. The molecule has 1 rings (SSSR count). The van der Waals surface area contributed by atoms with E-state index in [0.717, 1.165) is 17.7 Å². The summed E-state index contributed by atoms with van der Waals surface area (Å²) < 4.78 is 0. The summed E-state index contributed by atoms with van der Waals surface area (Å²) in [4.78, 5) is 11.6. The standard InChI is InChI=1S/C13H20N2O2/c1-3-11(9-16)14-8-13(17)15-12-6-4-10(2)5-7-12/h4-7,11,14,16H,3,8-9H2,1-2H3,(H,15,17). The fraction of sp³-hybridized carbons (Fsp3) is 0.462. The Hall–Kier alpha value is -1.39. The highest BCUT2D eigenvalue weighted by Crippen LogP contribution is 2.07. The number of carbonyl (C=O) groups is 1. The van der Waals surface area contributed by atoms with E-state index in [1.165, 1.54) is 0 Å². The predicted octanol–water partition coefficient (Wildman–Crippen LogP) is 1.29. The van der Waals surface area contributed by atoms with Gasteiger partial charge in [0.25, 0.3) is 0 Å². The number of hydrogen-bond donors (Lipinski definition) is 3. The van der Waals surface area contributed by atoms with Crippen LogP contribution in [0.25, 0.3) is 0 Å². The molecule has 0 spiro atoms. The first kappa shape index (κ1) is 13.7. The molecule has 1 atom stereocenters. The number of rotatable bonds is 6. The van der Waals surface area contributed by atoms with Crippen molar-refractivity contribution in [3.8, 4) is 0 Å². The predicted molar refractivity (Wildman–Crippen MR) is 69.0 cm³/mol. The molecule has 4 heteroatoms. The van der Waals surface area contributed by atoms with Crippen molar-refractivity contribution < 1.29 is 9.90 Å². The molecule has 1 amide bonds. The van der Waals surface area contributed by atoms with E-state index in [4.69, 9.17) is 5.11 Å². The van der Waals surface area contributed by atoms with E-state index in [-0.39, 0.29) is 25.1 Å². The quantitative estimate of drug-likeness (QED) is 0.697. The Labute approximate surface area is 102 Å². The molecule has 1 unspecified atom stereocenters. The summed E-state index contributed by atoms with van der Waals surface area (Å²) in [6.45, 7) is 4.23. The first-order chi connectivity index (χ1) is 8.15. The molecule has 4 nitrogen and oxygen atoms in total. The van der Waals surface area contributed by atoms with Crippen LogP contribution in [-0.4, -0.2) is 30.2 Å². The first-order valence-electron chi connectivity index (χ1n) is 5.86. The summed E-state index contributed by atoms with van der Waals surface area (Å²) in [7, 11) is 0. The lowest BCUT2D eigenvalue weighted by Gasteiger charge is -2.13. The highest BCUT2D eigenvalue weighted by molar-refractivity contribution is 5.92. The zero-order valence-corrected chi connectivity index (χ0v) is 10.4. The fourth-order valence-electron chi connectivity index (χ4n) is 1.42. The topological polar surface area (TPSA) is 61.4 Å². The number of aliphatic hydroxyl groups excluding tert-OH is 1. The summed E-state index contributed by atoms with van der Waals surface area (Å²) in [5, 5.41) is 14.7. The number of amides is 1. The third kappa shape index (κ3) is 4.97. The Morgan fingerprint density at radius 1 is 1.35 bits per heavy atom. The van der Waals surface area contributed by atoms with Gasteiger partial charge in [0.05, 0.1) is 13.2 Å². The minimum Gasteiger partial charge on any atom is -0.395 e. The van der Waals surface area contributed by atoms with E-state index in [0.29, 0.717) is 0 Å². The van der Waals surface area contributed by atoms with Gasteiger partial charge >= 0.3 is 0 Å². The van der Waals surface area contributed by atoms with Crippen molar-refractivity contribution in [1.29, 1.82) is 0 Å². The fourth-order valence-corrected chi connectivity index (χ4v) is 1.42. The Kier molecular flexibility index (Phi) is 5.66. The van der Waals surface area contributed by atoms with E-state index in [2.05, 4.69) is 10.6 Å². The van der Waals surface area contributed by atoms with Crippen LogP contribution >= 0.6 is 0 Å². The average Bonchev–Trinajstić information content (AvgIpc) is 2.33. The maximum atomic E-state index is 11.6. The normalized spacial score (nSPS) is 12.2. The number of aryl methyl sites for hydroxylation is 1. The van der Waals surface area contributed by atoms with Gasteiger partial charge in [-0.05, 0) is 25.5 Å². The highest BCUT2D eigenvalue weighted by Gasteiger charge is 2.07. The van der Waals surface area contributed by atoms with Crippen LogP contribution < -0.4 is 10.6 Å². The summed E-state index contributed by atoms with van der Waals surface area (Å²) in [6.07, 6.45) is 0.800. The Morgan fingerprint density at radius 3 is 2.53 bits per heavy atom. The van der Waals surface area contributed by atoms with Crippen molar-refractivity contribution in [1.82, 2.24) is 5.32 Å². The smallest absolute Gasteiger partial charge is 0.238 e. The highest BCUT2D eigenvalue weighted by atomic mass is 16.3. The lowest BCUT2D eigenvalue weighted by molar-refractivity contribution is -0.115. The van der Waals surface area contributed by atoms with Gasteiger partial charge in [-0.3, -0.25) is 4.79 Å². The maximum absolute atomic E-state index is 11.6. The monoisotopic (exact) mass is 236 g/mol. The number of nitrogens with one attached hydrogen (secondary N) is 2. The van der Waals surface area contributed by atoms with Crippen molar-refractivity contribution in [2.75, 3.05) is 18.5 Å². The zero-order valence-electron chi connectivity index (χ0n) is 10.4. The Morgan fingerprint density at radius 2 is 2.00 bits per heavy atom. The second-order valence-electron chi connectivity index (χ2n) is 4.08. The maximum Gasteiger partial charge on any atom is 0.238 e. The van der Waals surface area contributed by atoms with E-state index in [9.17, 15) is 4.79 Å². The summed E-state index contributed by atoms with van der Waals surface area (Å²) in [6, 6.07) is 7.63. The second-order valence-corrected chi connectivity index (χ2v) is 4.08. The largest absolute Gasteiger partial charge is 0.395 e. The molecule has 17 heavy (non-hydrogen) atoms. The number of anilines is 1. The van der Waals surface area contributed by atoms with Gasteiger partial charge in [-0.2, -0.15) is 0 Å². The third-order valence-corrected chi connectivity index (χ3v) is 2.60. The van der Waals surface area contributed by atoms with Gasteiger partial charge in [0.15, 0.2) is 0 Å². The second kappa shape index (κ2) is 7.04. The molecule has 1 aromatic rings. The van der Waals surface area contributed by atoms with E-state index >= 15 is 0 Å². The Balaban J connectivity index is 2.37. The minimum atomic E-state index is -0.0965. The molecule has 0 fully saturated rings. The van der Waals surface area contributed by atoms with Crippen LogP contribution in [0, 0.1) is 6.92 Å². The minimum absolute atomic E-state index is 0.0150. The van der Waals surface area contributed by atoms with Crippen molar-refractivity contribution in [2.45, 2.75) is 26.3 Å². The van der Waals surface area contributed by atoms with Crippen LogP contribution in [0.1, 0.15) is 18.9 Å². The molecule has 0 heterocycles. The van der Waals surface area contributed by atoms with Crippen LogP contribution in [0.15, 0.2) is 24.3 Å². The number of aliphatic hydroxyl groups is 1. The zero-order chi connectivity index (χ0) is 12.7. The number of hydrogen-bond acceptors (Lipinski definition) is 3. The third-order valence-electron chi connectivity index (χ3n) is 2.60. The molecule has 94 valence electrons. The van der Waals surface area contributed by atoms with E-state index in [1.54, 1.807) is 0 Å². The summed E-state index contributed by atoms with van der Waals surface area (Å²) in [5.74, 6) is -0.0965. The van der Waals surface area contributed by atoms with Crippen LogP contribution in [0.2, 0.25) is 0 Å². The molecule has 0 bridgehead atoms. The van der Waals surface area contributed by atoms with Gasteiger partial charge in [0.1, 0.15) is 0 Å². The van der Waals surface area contributed by atoms with Crippen LogP contribution in [0.3, 0.4) is 0 Å². The van der Waals surface area contributed by atoms with Crippen molar-refractivity contribution in [3.05, 3.63) is 29.8 Å². The molecule has 0 aliphatic carbocycles. The van der Waals surface area contributed by atoms with Crippen molar-refractivity contribution in [3.63, 3.8) is 0 Å². The van der Waals surface area contributed by atoms with Crippen LogP contribution in [-0.2, 0) is 4.79 Å². The van der Waals surface area contributed by atoms with Gasteiger partial charge in [-0.15, -0.1) is 0 Å². The van der Waals surface area contributed by atoms with Gasteiger partial charge in [-0.1, -0.05) is 24.6 Å². The molecule has 0 aliphatic rings. The average molecular weight is 236 g/mol. The van der Waals surface area contributed by atoms with Crippen molar-refractivity contribution in [2.24, 2.45) is 0 Å². The van der Waals surface area contributed by atoms with Gasteiger partial charge in [0, 0.05) is 11.7 Å². The number of carbonyl (C=O) groups excluding carboxylic acids is 1. The SMILES string of the molecule is CCC(CO)NCC(=O)Nc1ccc(C)cc1. The lowest BCUT2D eigenvalue weighted by atomic mass is 10.2. The molecule has 1 aromatic carbocycles. The van der Waals surface area contributed by atoms with Gasteiger partial charge in [-0.25, -0.2) is 0 Å². The molecule has 0 saturated heterocycles. The lowest BCUT2D eigenvalue weighted by Crippen LogP contribution is -2.37. The Bertz CT molecular complexity index is 345. The molecule has 0 aromatic heterocycles. The molecular weight excluding hydrogens is 216 g/mol. The molecule has 0 radical (unpaired) electrons.